The number of rotatable bonds is 4. The van der Waals surface area contributed by atoms with E-state index in [1.807, 2.05) is 11.0 Å². The summed E-state index contributed by atoms with van der Waals surface area (Å²) in [5, 5.41) is 16.6. The Balaban J connectivity index is 0.000000745. The van der Waals surface area contributed by atoms with Gasteiger partial charge in [0.2, 0.25) is 5.91 Å². The molecule has 34 heavy (non-hydrogen) atoms. The molecule has 4 aliphatic rings. The Bertz CT molecular complexity index is 1100. The molecule has 1 aliphatic carbocycles. The first-order chi connectivity index (χ1) is 16.5. The van der Waals surface area contributed by atoms with E-state index in [4.69, 9.17) is 10.00 Å². The number of nitrogens with one attached hydrogen (secondary N) is 1. The van der Waals surface area contributed by atoms with Crippen molar-refractivity contribution in [1.82, 2.24) is 19.7 Å². The van der Waals surface area contributed by atoms with Crippen molar-refractivity contribution in [2.75, 3.05) is 30.0 Å². The second kappa shape index (κ2) is 9.43. The molecule has 178 valence electrons. The number of ether oxygens (including phenoxy) is 1. The summed E-state index contributed by atoms with van der Waals surface area (Å²) in [4.78, 5) is 33.3. The van der Waals surface area contributed by atoms with Crippen molar-refractivity contribution in [2.24, 2.45) is 13.0 Å². The summed E-state index contributed by atoms with van der Waals surface area (Å²) < 4.78 is 7.15. The van der Waals surface area contributed by atoms with Gasteiger partial charge in [0, 0.05) is 37.6 Å². The van der Waals surface area contributed by atoms with E-state index in [1.54, 1.807) is 41.0 Å². The Morgan fingerprint density at radius 1 is 1.15 bits per heavy atom. The van der Waals surface area contributed by atoms with E-state index in [2.05, 4.69) is 15.4 Å². The summed E-state index contributed by atoms with van der Waals surface area (Å²) in [6.07, 6.45) is 8.57. The van der Waals surface area contributed by atoms with Crippen LogP contribution in [0, 0.1) is 17.2 Å². The molecule has 10 nitrogen and oxygen atoms in total. The third-order valence-corrected chi connectivity index (χ3v) is 6.60. The largest absolute Gasteiger partial charge is 0.377 e. The third-order valence-electron chi connectivity index (χ3n) is 6.60. The first-order valence-electron chi connectivity index (χ1n) is 11.9. The fourth-order valence-electron chi connectivity index (χ4n) is 4.66. The second-order valence-electron chi connectivity index (χ2n) is 9.22. The number of aryl methyl sites for hydroxylation is 1. The van der Waals surface area contributed by atoms with Crippen molar-refractivity contribution >= 4 is 29.1 Å². The lowest BCUT2D eigenvalue weighted by atomic mass is 10.1. The second-order valence-corrected chi connectivity index (χ2v) is 9.22. The molecule has 0 spiro atoms. The number of carbonyl (C=O) groups is 2. The number of carbonyl (C=O) groups excluding carboxylic acids is 2. The molecule has 10 heteroatoms. The van der Waals surface area contributed by atoms with E-state index in [-0.39, 0.29) is 23.9 Å². The number of aromatic nitrogens is 3. The van der Waals surface area contributed by atoms with Gasteiger partial charge in [0.1, 0.15) is 17.4 Å². The molecule has 0 aromatic carbocycles. The number of hydrogen-bond donors (Lipinski definition) is 1. The van der Waals surface area contributed by atoms with Gasteiger partial charge < -0.3 is 19.9 Å². The Morgan fingerprint density at radius 3 is 2.53 bits per heavy atom. The van der Waals surface area contributed by atoms with Crippen molar-refractivity contribution in [3.63, 3.8) is 0 Å². The number of hydrogen-bond acceptors (Lipinski definition) is 7. The maximum absolute atomic E-state index is 13.2. The van der Waals surface area contributed by atoms with Crippen LogP contribution >= 0.6 is 0 Å². The predicted octanol–water partition coefficient (Wildman–Crippen LogP) is 2.61. The maximum Gasteiger partial charge on any atom is 0.272 e. The number of nitrogens with zero attached hydrogens (tertiary/aromatic N) is 6. The van der Waals surface area contributed by atoms with Gasteiger partial charge in [0.25, 0.3) is 5.91 Å². The monoisotopic (exact) mass is 463 g/mol. The topological polar surface area (TPSA) is 116 Å². The van der Waals surface area contributed by atoms with Crippen molar-refractivity contribution in [1.29, 1.82) is 5.26 Å². The zero-order chi connectivity index (χ0) is 23.7. The molecule has 1 N–H and O–H groups in total. The Morgan fingerprint density at radius 2 is 1.88 bits per heavy atom. The van der Waals surface area contributed by atoms with Gasteiger partial charge in [-0.25, -0.2) is 4.98 Å². The molecule has 2 aromatic heterocycles. The van der Waals surface area contributed by atoms with Gasteiger partial charge in [-0.2, -0.15) is 10.4 Å². The van der Waals surface area contributed by atoms with Crippen LogP contribution in [0.5, 0.6) is 0 Å². The van der Waals surface area contributed by atoms with Crippen LogP contribution in [-0.4, -0.2) is 63.3 Å². The lowest BCUT2D eigenvalue weighted by Crippen LogP contribution is -2.49. The molecule has 3 aliphatic heterocycles. The Kier molecular flexibility index (Phi) is 6.20. The lowest BCUT2D eigenvalue weighted by Gasteiger charge is -2.34. The summed E-state index contributed by atoms with van der Waals surface area (Å²) >= 11 is 0. The van der Waals surface area contributed by atoms with Crippen molar-refractivity contribution in [3.05, 3.63) is 30.1 Å². The number of anilines is 3. The Hall–Kier alpha value is -3.45. The van der Waals surface area contributed by atoms with Gasteiger partial charge in [0.05, 0.1) is 31.4 Å². The highest BCUT2D eigenvalue weighted by Gasteiger charge is 2.41. The van der Waals surface area contributed by atoms with Gasteiger partial charge in [-0.1, -0.05) is 19.3 Å². The molecule has 6 rings (SSSR count). The third kappa shape index (κ3) is 4.48. The summed E-state index contributed by atoms with van der Waals surface area (Å²) in [6.45, 7) is 1.68. The highest BCUT2D eigenvalue weighted by molar-refractivity contribution is 5.99. The smallest absolute Gasteiger partial charge is 0.272 e. The highest BCUT2D eigenvalue weighted by Crippen LogP contribution is 2.31. The minimum absolute atomic E-state index is 0.0363. The number of nitriles is 1. The van der Waals surface area contributed by atoms with E-state index in [0.717, 1.165) is 12.8 Å². The minimum atomic E-state index is -0.593. The van der Waals surface area contributed by atoms with Crippen LogP contribution in [0.3, 0.4) is 0 Å². The zero-order valence-electron chi connectivity index (χ0n) is 19.3. The average Bonchev–Trinajstić information content (AvgIpc) is 3.57. The number of pyridine rings is 1. The molecule has 0 radical (unpaired) electrons. The molecule has 5 heterocycles. The molecule has 3 saturated heterocycles. The van der Waals surface area contributed by atoms with Crippen LogP contribution in [0.15, 0.2) is 24.4 Å². The van der Waals surface area contributed by atoms with Crippen molar-refractivity contribution in [3.8, 4) is 6.07 Å². The fourth-order valence-corrected chi connectivity index (χ4v) is 4.66. The number of fused-ring (bicyclic) bond motifs is 2. The molecular weight excluding hydrogens is 434 g/mol. The highest BCUT2D eigenvalue weighted by atomic mass is 16.5. The van der Waals surface area contributed by atoms with Gasteiger partial charge in [-0.3, -0.25) is 14.3 Å². The van der Waals surface area contributed by atoms with Crippen LogP contribution in [0.25, 0.3) is 0 Å². The lowest BCUT2D eigenvalue weighted by molar-refractivity contribution is -0.119. The summed E-state index contributed by atoms with van der Waals surface area (Å²) in [5.74, 6) is 0.189. The standard InChI is InChI=1S/C21H23N7O3.C3H6/c1-26-17(21(30)28-15-2-3-16(28)12-31-11-15)9-19(25-26)24-18-8-14(4-6-23-18)27-7-5-13(10-22)20(27)29;1-2-3-1/h4,6,8-9,13,15-16H,2-3,5,7,11-12H2,1H3,(H,23,24,25);1-3H2. The number of amides is 2. The molecule has 2 aromatic rings. The van der Waals surface area contributed by atoms with Gasteiger partial charge >= 0.3 is 0 Å². The molecule has 3 unspecified atom stereocenters. The zero-order valence-corrected chi connectivity index (χ0v) is 19.3. The molecule has 2 amide bonds. The molecular formula is C24H29N7O3. The first kappa shape index (κ1) is 22.3. The van der Waals surface area contributed by atoms with Gasteiger partial charge in [-0.05, 0) is 25.3 Å². The average molecular weight is 464 g/mol. The van der Waals surface area contributed by atoms with E-state index >= 15 is 0 Å². The van der Waals surface area contributed by atoms with Crippen LogP contribution in [-0.2, 0) is 16.6 Å². The maximum atomic E-state index is 13.2. The van der Waals surface area contributed by atoms with E-state index < -0.39 is 5.92 Å². The van der Waals surface area contributed by atoms with E-state index in [1.165, 1.54) is 19.3 Å². The summed E-state index contributed by atoms with van der Waals surface area (Å²) in [5.41, 5.74) is 1.18. The molecule has 2 bridgehead atoms. The Labute approximate surface area is 198 Å². The first-order valence-corrected chi connectivity index (χ1v) is 11.9. The molecule has 1 saturated carbocycles. The quantitative estimate of drug-likeness (QED) is 0.741. The fraction of sp³-hybridized carbons (Fsp3) is 0.542. The van der Waals surface area contributed by atoms with Crippen LogP contribution < -0.4 is 10.2 Å². The normalized spacial score (nSPS) is 24.9. The SMILES string of the molecule is C1CC1.Cn1nc(Nc2cc(N3CCC(C#N)C3=O)ccn2)cc1C(=O)N1C2CCC1COC2. The van der Waals surface area contributed by atoms with Gasteiger partial charge in [-0.15, -0.1) is 0 Å². The van der Waals surface area contributed by atoms with Crippen molar-refractivity contribution < 1.29 is 14.3 Å². The van der Waals surface area contributed by atoms with Gasteiger partial charge in [0.15, 0.2) is 5.82 Å². The summed E-state index contributed by atoms with van der Waals surface area (Å²) in [6, 6.07) is 7.51. The minimum Gasteiger partial charge on any atom is -0.377 e. The molecule has 4 fully saturated rings. The summed E-state index contributed by atoms with van der Waals surface area (Å²) in [7, 11) is 1.75. The van der Waals surface area contributed by atoms with E-state index in [9.17, 15) is 9.59 Å². The van der Waals surface area contributed by atoms with Crippen molar-refractivity contribution in [2.45, 2.75) is 50.6 Å². The number of morpholine rings is 1. The predicted molar refractivity (Wildman–Crippen MR) is 124 cm³/mol. The van der Waals surface area contributed by atoms with Crippen LogP contribution in [0.4, 0.5) is 17.3 Å². The molecule has 3 atom stereocenters. The van der Waals surface area contributed by atoms with Crippen LogP contribution in [0.1, 0.15) is 49.0 Å². The van der Waals surface area contributed by atoms with E-state index in [0.29, 0.717) is 49.2 Å². The van der Waals surface area contributed by atoms with Crippen LogP contribution in [0.2, 0.25) is 0 Å².